The van der Waals surface area contributed by atoms with Crippen molar-refractivity contribution in [3.05, 3.63) is 34.5 Å². The summed E-state index contributed by atoms with van der Waals surface area (Å²) in [7, 11) is 5.55. The first kappa shape index (κ1) is 19.3. The lowest BCUT2D eigenvalue weighted by Crippen LogP contribution is -2.15. The fraction of sp³-hybridized carbons (Fsp3) is 0.353. The number of carbonyl (C=O) groups excluding carboxylic acids is 1. The Morgan fingerprint density at radius 2 is 1.92 bits per heavy atom. The van der Waals surface area contributed by atoms with Crippen molar-refractivity contribution in [1.29, 1.82) is 0 Å². The van der Waals surface area contributed by atoms with Crippen LogP contribution in [0.1, 0.15) is 10.6 Å². The first-order valence-corrected chi connectivity index (χ1v) is 7.52. The molecule has 26 heavy (non-hydrogen) atoms. The third-order valence-electron chi connectivity index (χ3n) is 3.39. The zero-order valence-electron chi connectivity index (χ0n) is 14.9. The Morgan fingerprint density at radius 3 is 2.54 bits per heavy atom. The van der Waals surface area contributed by atoms with E-state index in [-0.39, 0.29) is 36.2 Å². The molecule has 0 fully saturated rings. The van der Waals surface area contributed by atoms with E-state index >= 15 is 0 Å². The number of aromatic nitrogens is 1. The zero-order chi connectivity index (χ0) is 19.1. The second kappa shape index (κ2) is 8.86. The van der Waals surface area contributed by atoms with Crippen LogP contribution in [-0.4, -0.2) is 52.6 Å². The molecule has 2 heterocycles. The summed E-state index contributed by atoms with van der Waals surface area (Å²) < 4.78 is 30.7. The van der Waals surface area contributed by atoms with Gasteiger partial charge < -0.3 is 28.1 Å². The number of esters is 1. The molecule has 0 saturated carbocycles. The van der Waals surface area contributed by atoms with Gasteiger partial charge in [0.15, 0.2) is 0 Å². The third-order valence-corrected chi connectivity index (χ3v) is 3.39. The van der Waals surface area contributed by atoms with Gasteiger partial charge in [0.1, 0.15) is 12.4 Å². The van der Waals surface area contributed by atoms with Crippen LogP contribution >= 0.6 is 0 Å². The molecule has 0 radical (unpaired) electrons. The van der Waals surface area contributed by atoms with E-state index in [9.17, 15) is 9.59 Å². The topological polar surface area (TPSA) is 106 Å². The molecule has 2 aromatic heterocycles. The van der Waals surface area contributed by atoms with Crippen LogP contribution in [-0.2, 0) is 9.47 Å². The Hall–Kier alpha value is -3.07. The number of hydrogen-bond acceptors (Lipinski definition) is 9. The quantitative estimate of drug-likeness (QED) is 0.508. The third kappa shape index (κ3) is 3.94. The van der Waals surface area contributed by atoms with Gasteiger partial charge in [-0.15, -0.1) is 0 Å². The maximum Gasteiger partial charge on any atom is 0.379 e. The summed E-state index contributed by atoms with van der Waals surface area (Å²) in [6.07, 6.45) is 1.49. The molecule has 0 atom stereocenters. The van der Waals surface area contributed by atoms with E-state index in [1.54, 1.807) is 6.07 Å². The van der Waals surface area contributed by atoms with E-state index in [1.807, 2.05) is 0 Å². The summed E-state index contributed by atoms with van der Waals surface area (Å²) in [6, 6.07) is 2.90. The van der Waals surface area contributed by atoms with Crippen molar-refractivity contribution in [2.24, 2.45) is 0 Å². The van der Waals surface area contributed by atoms with Crippen LogP contribution in [0.15, 0.2) is 27.5 Å². The van der Waals surface area contributed by atoms with Crippen molar-refractivity contribution in [3.8, 4) is 28.5 Å². The molecule has 0 amide bonds. The van der Waals surface area contributed by atoms with Gasteiger partial charge in [-0.05, 0) is 6.07 Å². The van der Waals surface area contributed by atoms with Gasteiger partial charge in [-0.25, -0.2) is 14.6 Å². The van der Waals surface area contributed by atoms with E-state index in [4.69, 9.17) is 23.4 Å². The van der Waals surface area contributed by atoms with Crippen molar-refractivity contribution < 1.29 is 32.9 Å². The molecule has 2 rings (SSSR count). The molecule has 0 aliphatic rings. The summed E-state index contributed by atoms with van der Waals surface area (Å²) in [4.78, 5) is 28.4. The first-order chi connectivity index (χ1) is 12.6. The van der Waals surface area contributed by atoms with Crippen molar-refractivity contribution >= 4 is 5.97 Å². The lowest BCUT2D eigenvalue weighted by Gasteiger charge is -2.15. The minimum atomic E-state index is -0.855. The van der Waals surface area contributed by atoms with Crippen molar-refractivity contribution in [1.82, 2.24) is 4.98 Å². The maximum absolute atomic E-state index is 12.4. The van der Waals surface area contributed by atoms with Gasteiger partial charge >= 0.3 is 11.6 Å². The number of pyridine rings is 1. The van der Waals surface area contributed by atoms with E-state index in [2.05, 4.69) is 9.72 Å². The van der Waals surface area contributed by atoms with Crippen LogP contribution < -0.4 is 19.8 Å². The molecule has 0 N–H and O–H groups in total. The minimum Gasteiger partial charge on any atom is -0.496 e. The summed E-state index contributed by atoms with van der Waals surface area (Å²) in [5.74, 6) is -0.676. The minimum absolute atomic E-state index is 0.0940. The molecule has 0 saturated heterocycles. The van der Waals surface area contributed by atoms with E-state index < -0.39 is 11.6 Å². The Kier molecular flexibility index (Phi) is 6.56. The highest BCUT2D eigenvalue weighted by Crippen LogP contribution is 2.40. The highest BCUT2D eigenvalue weighted by atomic mass is 16.5. The standard InChI is InChI=1S/C17H19NO8/c1-21-7-8-25-14-10(9-12(16(19)24-4)26-17(14)20)13-11(22-2)5-6-18-15(13)23-3/h5-6,9H,7-8H2,1-4H3. The van der Waals surface area contributed by atoms with Crippen LogP contribution in [0.5, 0.6) is 17.4 Å². The van der Waals surface area contributed by atoms with E-state index in [0.717, 1.165) is 0 Å². The normalized spacial score (nSPS) is 10.3. The number of rotatable bonds is 8. The van der Waals surface area contributed by atoms with Crippen molar-refractivity contribution in [3.63, 3.8) is 0 Å². The largest absolute Gasteiger partial charge is 0.496 e. The molecular weight excluding hydrogens is 346 g/mol. The summed E-state index contributed by atoms with van der Waals surface area (Å²) >= 11 is 0. The molecular formula is C17H19NO8. The Morgan fingerprint density at radius 1 is 1.15 bits per heavy atom. The number of carbonyl (C=O) groups is 1. The molecule has 0 aliphatic carbocycles. The predicted octanol–water partition coefficient (Wildman–Crippen LogP) is 1.53. The lowest BCUT2D eigenvalue weighted by molar-refractivity contribution is 0.0558. The fourth-order valence-corrected chi connectivity index (χ4v) is 2.23. The average Bonchev–Trinajstić information content (AvgIpc) is 2.67. The van der Waals surface area contributed by atoms with Gasteiger partial charge in [0.25, 0.3) is 0 Å². The lowest BCUT2D eigenvalue weighted by atomic mass is 10.1. The predicted molar refractivity (Wildman–Crippen MR) is 90.0 cm³/mol. The molecule has 0 aromatic carbocycles. The van der Waals surface area contributed by atoms with Crippen LogP contribution in [0, 0.1) is 0 Å². The molecule has 0 unspecified atom stereocenters. The molecule has 0 aliphatic heterocycles. The second-order valence-electron chi connectivity index (χ2n) is 4.87. The highest BCUT2D eigenvalue weighted by molar-refractivity contribution is 5.89. The van der Waals surface area contributed by atoms with Gasteiger partial charge in [-0.1, -0.05) is 0 Å². The SMILES string of the molecule is COCCOc1c(-c2c(OC)ccnc2OC)cc(C(=O)OC)oc1=O. The van der Waals surface area contributed by atoms with Gasteiger partial charge in [0.05, 0.1) is 33.5 Å². The van der Waals surface area contributed by atoms with Crippen LogP contribution in [0.2, 0.25) is 0 Å². The molecule has 9 heteroatoms. The molecule has 9 nitrogen and oxygen atoms in total. The van der Waals surface area contributed by atoms with Crippen LogP contribution in [0.25, 0.3) is 11.1 Å². The summed E-state index contributed by atoms with van der Waals surface area (Å²) in [5, 5.41) is 0. The number of ether oxygens (including phenoxy) is 5. The maximum atomic E-state index is 12.4. The van der Waals surface area contributed by atoms with Gasteiger partial charge in [0.2, 0.25) is 17.4 Å². The van der Waals surface area contributed by atoms with E-state index in [1.165, 1.54) is 40.7 Å². The number of hydrogen-bond donors (Lipinski definition) is 0. The number of methoxy groups -OCH3 is 4. The average molecular weight is 365 g/mol. The van der Waals surface area contributed by atoms with Gasteiger partial charge in [0, 0.05) is 24.9 Å². The second-order valence-corrected chi connectivity index (χ2v) is 4.87. The van der Waals surface area contributed by atoms with Crippen LogP contribution in [0.3, 0.4) is 0 Å². The summed E-state index contributed by atoms with van der Waals surface area (Å²) in [6.45, 7) is 0.343. The smallest absolute Gasteiger partial charge is 0.379 e. The zero-order valence-corrected chi connectivity index (χ0v) is 14.9. The van der Waals surface area contributed by atoms with Crippen LogP contribution in [0.4, 0.5) is 0 Å². The first-order valence-electron chi connectivity index (χ1n) is 7.52. The molecule has 140 valence electrons. The molecule has 0 spiro atoms. The van der Waals surface area contributed by atoms with Crippen molar-refractivity contribution in [2.45, 2.75) is 0 Å². The van der Waals surface area contributed by atoms with Gasteiger partial charge in [-0.2, -0.15) is 0 Å². The molecule has 0 bridgehead atoms. The number of nitrogens with zero attached hydrogens (tertiary/aromatic N) is 1. The Bertz CT molecular complexity index is 808. The highest BCUT2D eigenvalue weighted by Gasteiger charge is 2.24. The van der Waals surface area contributed by atoms with E-state index in [0.29, 0.717) is 11.3 Å². The monoisotopic (exact) mass is 365 g/mol. The summed E-state index contributed by atoms with van der Waals surface area (Å²) in [5.41, 5.74) is -0.297. The van der Waals surface area contributed by atoms with Crippen molar-refractivity contribution in [2.75, 3.05) is 41.7 Å². The fourth-order valence-electron chi connectivity index (χ4n) is 2.23. The van der Waals surface area contributed by atoms with Gasteiger partial charge in [-0.3, -0.25) is 0 Å². The Balaban J connectivity index is 2.73. The molecule has 2 aromatic rings. The Labute approximate surface area is 149 Å².